The van der Waals surface area contributed by atoms with Crippen molar-refractivity contribution >= 4 is 28.3 Å². The van der Waals surface area contributed by atoms with Gasteiger partial charge in [-0.05, 0) is 43.6 Å². The van der Waals surface area contributed by atoms with E-state index in [1.54, 1.807) is 0 Å². The summed E-state index contributed by atoms with van der Waals surface area (Å²) in [5.41, 5.74) is 6.53. The SMILES string of the molecule is Nc1nsc(N2CCOC3CCCC32)c1C(=O)NC1CC1. The van der Waals surface area contributed by atoms with Crippen molar-refractivity contribution in [3.05, 3.63) is 5.56 Å². The molecule has 2 atom stereocenters. The third kappa shape index (κ3) is 2.38. The molecular weight excluding hydrogens is 288 g/mol. The molecule has 0 spiro atoms. The van der Waals surface area contributed by atoms with Crippen molar-refractivity contribution in [1.29, 1.82) is 0 Å². The van der Waals surface area contributed by atoms with Crippen LogP contribution in [0.5, 0.6) is 0 Å². The molecule has 1 saturated heterocycles. The standard InChI is InChI=1S/C14H20N4O2S/c15-12-11(13(19)16-8-4-5-8)14(21-17-12)18-6-7-20-10-3-1-2-9(10)18/h8-10H,1-7H2,(H2,15,17)(H,16,19). The Morgan fingerprint density at radius 1 is 1.38 bits per heavy atom. The molecule has 21 heavy (non-hydrogen) atoms. The zero-order chi connectivity index (χ0) is 14.4. The highest BCUT2D eigenvalue weighted by Gasteiger charge is 2.39. The van der Waals surface area contributed by atoms with Crippen LogP contribution < -0.4 is 16.0 Å². The Morgan fingerprint density at radius 2 is 2.24 bits per heavy atom. The van der Waals surface area contributed by atoms with Crippen LogP contribution in [0.25, 0.3) is 0 Å². The Labute approximate surface area is 127 Å². The zero-order valence-corrected chi connectivity index (χ0v) is 12.7. The van der Waals surface area contributed by atoms with Crippen molar-refractivity contribution in [2.24, 2.45) is 0 Å². The molecule has 3 aliphatic rings. The number of nitrogen functional groups attached to an aromatic ring is 1. The summed E-state index contributed by atoms with van der Waals surface area (Å²) in [5, 5.41) is 3.95. The highest BCUT2D eigenvalue weighted by molar-refractivity contribution is 7.11. The summed E-state index contributed by atoms with van der Waals surface area (Å²) in [5.74, 6) is 0.286. The summed E-state index contributed by atoms with van der Waals surface area (Å²) in [7, 11) is 0. The van der Waals surface area contributed by atoms with E-state index in [0.717, 1.165) is 37.2 Å². The van der Waals surface area contributed by atoms with Gasteiger partial charge in [0, 0.05) is 12.6 Å². The summed E-state index contributed by atoms with van der Waals surface area (Å²) in [6, 6.07) is 0.694. The average molecular weight is 308 g/mol. The largest absolute Gasteiger partial charge is 0.382 e. The van der Waals surface area contributed by atoms with Crippen LogP contribution in [-0.2, 0) is 4.74 Å². The number of aromatic nitrogens is 1. The third-order valence-electron chi connectivity index (χ3n) is 4.58. The monoisotopic (exact) mass is 308 g/mol. The Kier molecular flexibility index (Phi) is 3.26. The second kappa shape index (κ2) is 5.14. The molecule has 0 radical (unpaired) electrons. The van der Waals surface area contributed by atoms with E-state index in [2.05, 4.69) is 14.6 Å². The van der Waals surface area contributed by atoms with Crippen LogP contribution in [0.15, 0.2) is 0 Å². The first-order valence-electron chi connectivity index (χ1n) is 7.68. The van der Waals surface area contributed by atoms with Gasteiger partial charge in [0.2, 0.25) is 0 Å². The molecule has 3 N–H and O–H groups in total. The van der Waals surface area contributed by atoms with Crippen molar-refractivity contribution in [3.63, 3.8) is 0 Å². The molecule has 6 nitrogen and oxygen atoms in total. The Balaban J connectivity index is 1.63. The fourth-order valence-corrected chi connectivity index (χ4v) is 4.26. The highest BCUT2D eigenvalue weighted by Crippen LogP contribution is 2.38. The Morgan fingerprint density at radius 3 is 3.05 bits per heavy atom. The van der Waals surface area contributed by atoms with Crippen LogP contribution in [0.1, 0.15) is 42.5 Å². The number of ether oxygens (including phenoxy) is 1. The second-order valence-electron chi connectivity index (χ2n) is 6.10. The number of hydrogen-bond acceptors (Lipinski definition) is 6. The molecule has 2 saturated carbocycles. The molecule has 1 aromatic rings. The van der Waals surface area contributed by atoms with Gasteiger partial charge in [0.15, 0.2) is 5.82 Å². The van der Waals surface area contributed by atoms with Gasteiger partial charge in [-0.15, -0.1) is 0 Å². The molecule has 0 aromatic carbocycles. The molecule has 1 aliphatic heterocycles. The van der Waals surface area contributed by atoms with Gasteiger partial charge < -0.3 is 20.7 Å². The first-order chi connectivity index (χ1) is 10.2. The van der Waals surface area contributed by atoms with Gasteiger partial charge in [0.05, 0.1) is 18.8 Å². The number of amides is 1. The molecule has 4 rings (SSSR count). The molecule has 2 aliphatic carbocycles. The van der Waals surface area contributed by atoms with E-state index in [9.17, 15) is 4.79 Å². The number of fused-ring (bicyclic) bond motifs is 1. The van der Waals surface area contributed by atoms with Gasteiger partial charge >= 0.3 is 0 Å². The van der Waals surface area contributed by atoms with Crippen LogP contribution in [0.4, 0.5) is 10.8 Å². The van der Waals surface area contributed by atoms with E-state index in [0.29, 0.717) is 36.2 Å². The maximum absolute atomic E-state index is 12.5. The molecule has 1 aromatic heterocycles. The average Bonchev–Trinajstić information content (AvgIpc) is 3.01. The van der Waals surface area contributed by atoms with E-state index >= 15 is 0 Å². The van der Waals surface area contributed by atoms with Gasteiger partial charge in [0.1, 0.15) is 10.6 Å². The van der Waals surface area contributed by atoms with Crippen molar-refractivity contribution in [3.8, 4) is 0 Å². The lowest BCUT2D eigenvalue weighted by Crippen LogP contribution is -2.49. The quantitative estimate of drug-likeness (QED) is 0.881. The van der Waals surface area contributed by atoms with Gasteiger partial charge in [0.25, 0.3) is 5.91 Å². The fourth-order valence-electron chi connectivity index (χ4n) is 3.37. The van der Waals surface area contributed by atoms with Gasteiger partial charge in [-0.25, -0.2) is 0 Å². The molecule has 0 bridgehead atoms. The highest BCUT2D eigenvalue weighted by atomic mass is 32.1. The summed E-state index contributed by atoms with van der Waals surface area (Å²) in [4.78, 5) is 14.8. The lowest BCUT2D eigenvalue weighted by Gasteiger charge is -2.38. The number of carbonyl (C=O) groups is 1. The van der Waals surface area contributed by atoms with Gasteiger partial charge in [-0.2, -0.15) is 4.37 Å². The lowest BCUT2D eigenvalue weighted by molar-refractivity contribution is 0.0258. The molecule has 1 amide bonds. The number of rotatable bonds is 3. The minimum absolute atomic E-state index is 0.0696. The third-order valence-corrected chi connectivity index (χ3v) is 5.48. The van der Waals surface area contributed by atoms with E-state index in [-0.39, 0.29) is 5.91 Å². The number of nitrogens with one attached hydrogen (secondary N) is 1. The molecule has 2 unspecified atom stereocenters. The van der Waals surface area contributed by atoms with E-state index in [1.807, 2.05) is 0 Å². The van der Waals surface area contributed by atoms with Crippen LogP contribution in [0.2, 0.25) is 0 Å². The van der Waals surface area contributed by atoms with Crippen molar-refractivity contribution in [1.82, 2.24) is 9.69 Å². The number of hydrogen-bond donors (Lipinski definition) is 2. The Bertz CT molecular complexity index is 557. The Hall–Kier alpha value is -1.34. The predicted molar refractivity (Wildman–Crippen MR) is 81.7 cm³/mol. The molecular formula is C14H20N4O2S. The first-order valence-corrected chi connectivity index (χ1v) is 8.45. The van der Waals surface area contributed by atoms with Crippen LogP contribution >= 0.6 is 11.5 Å². The number of anilines is 2. The summed E-state index contributed by atoms with van der Waals surface area (Å²) < 4.78 is 10.1. The summed E-state index contributed by atoms with van der Waals surface area (Å²) in [6.45, 7) is 1.52. The number of morpholine rings is 1. The van der Waals surface area contributed by atoms with E-state index < -0.39 is 0 Å². The van der Waals surface area contributed by atoms with Gasteiger partial charge in [-0.1, -0.05) is 0 Å². The summed E-state index contributed by atoms with van der Waals surface area (Å²) >= 11 is 1.34. The molecule has 3 fully saturated rings. The lowest BCUT2D eigenvalue weighted by atomic mass is 10.1. The van der Waals surface area contributed by atoms with Crippen molar-refractivity contribution in [2.45, 2.75) is 50.3 Å². The molecule has 114 valence electrons. The van der Waals surface area contributed by atoms with Crippen molar-refractivity contribution < 1.29 is 9.53 Å². The normalized spacial score (nSPS) is 28.5. The maximum Gasteiger partial charge on any atom is 0.258 e. The smallest absolute Gasteiger partial charge is 0.258 e. The van der Waals surface area contributed by atoms with Gasteiger partial charge in [-0.3, -0.25) is 4.79 Å². The van der Waals surface area contributed by atoms with E-state index in [1.165, 1.54) is 18.0 Å². The number of nitrogens with two attached hydrogens (primary N) is 1. The summed E-state index contributed by atoms with van der Waals surface area (Å²) in [6.07, 6.45) is 5.85. The van der Waals surface area contributed by atoms with Crippen molar-refractivity contribution in [2.75, 3.05) is 23.8 Å². The minimum atomic E-state index is -0.0696. The molecule has 7 heteroatoms. The van der Waals surface area contributed by atoms with Crippen LogP contribution in [0, 0.1) is 0 Å². The first kappa shape index (κ1) is 13.3. The van der Waals surface area contributed by atoms with E-state index in [4.69, 9.17) is 10.5 Å². The van der Waals surface area contributed by atoms with Crippen LogP contribution in [-0.4, -0.2) is 41.6 Å². The molecule has 2 heterocycles. The minimum Gasteiger partial charge on any atom is -0.382 e. The second-order valence-corrected chi connectivity index (χ2v) is 6.85. The number of carbonyl (C=O) groups excluding carboxylic acids is 1. The fraction of sp³-hybridized carbons (Fsp3) is 0.714. The topological polar surface area (TPSA) is 80.5 Å². The maximum atomic E-state index is 12.5. The van der Waals surface area contributed by atoms with Crippen LogP contribution in [0.3, 0.4) is 0 Å². The predicted octanol–water partition coefficient (Wildman–Crippen LogP) is 1.38. The number of nitrogens with zero attached hydrogens (tertiary/aromatic N) is 2. The zero-order valence-electron chi connectivity index (χ0n) is 11.9.